The van der Waals surface area contributed by atoms with Crippen LogP contribution >= 0.6 is 11.3 Å². The van der Waals surface area contributed by atoms with Crippen LogP contribution < -0.4 is 5.32 Å². The molecular weight excluding hydrogens is 168 g/mol. The van der Waals surface area contributed by atoms with Crippen molar-refractivity contribution in [2.75, 3.05) is 11.9 Å². The standard InChI is InChI=1S/C9H14N2S/c1-3-10-9-11-8-6(2)4-5-7(8)12-9/h6H,3-5H2,1-2H3,(H,10,11). The van der Waals surface area contributed by atoms with Crippen LogP contribution in [0.15, 0.2) is 0 Å². The number of aryl methyl sites for hydroxylation is 1. The van der Waals surface area contributed by atoms with E-state index in [1.54, 1.807) is 0 Å². The number of hydrogen-bond donors (Lipinski definition) is 1. The molecule has 66 valence electrons. The van der Waals surface area contributed by atoms with E-state index in [1.165, 1.54) is 23.4 Å². The Hall–Kier alpha value is -0.570. The van der Waals surface area contributed by atoms with Gasteiger partial charge in [-0.2, -0.15) is 0 Å². The zero-order chi connectivity index (χ0) is 8.55. The summed E-state index contributed by atoms with van der Waals surface area (Å²) in [6, 6.07) is 0. The van der Waals surface area contributed by atoms with Crippen molar-refractivity contribution >= 4 is 16.5 Å². The number of aromatic nitrogens is 1. The first kappa shape index (κ1) is 8.05. The van der Waals surface area contributed by atoms with Gasteiger partial charge in [-0.25, -0.2) is 4.98 Å². The van der Waals surface area contributed by atoms with Crippen LogP contribution in [0.25, 0.3) is 0 Å². The van der Waals surface area contributed by atoms with Crippen molar-refractivity contribution in [2.24, 2.45) is 0 Å². The van der Waals surface area contributed by atoms with Crippen molar-refractivity contribution in [3.63, 3.8) is 0 Å². The first-order valence-electron chi connectivity index (χ1n) is 4.54. The molecule has 0 aliphatic heterocycles. The van der Waals surface area contributed by atoms with Crippen molar-refractivity contribution < 1.29 is 0 Å². The fourth-order valence-electron chi connectivity index (χ4n) is 1.64. The smallest absolute Gasteiger partial charge is 0.183 e. The molecule has 3 heteroatoms. The molecule has 0 amide bonds. The van der Waals surface area contributed by atoms with E-state index < -0.39 is 0 Å². The number of hydrogen-bond acceptors (Lipinski definition) is 3. The lowest BCUT2D eigenvalue weighted by Crippen LogP contribution is -1.96. The molecule has 12 heavy (non-hydrogen) atoms. The minimum absolute atomic E-state index is 0.684. The van der Waals surface area contributed by atoms with Crippen LogP contribution in [0, 0.1) is 0 Å². The Morgan fingerprint density at radius 3 is 3.17 bits per heavy atom. The number of nitrogens with zero attached hydrogens (tertiary/aromatic N) is 1. The molecule has 1 unspecified atom stereocenters. The lowest BCUT2D eigenvalue weighted by molar-refractivity contribution is 0.731. The second-order valence-corrected chi connectivity index (χ2v) is 4.38. The summed E-state index contributed by atoms with van der Waals surface area (Å²) >= 11 is 1.83. The van der Waals surface area contributed by atoms with Crippen molar-refractivity contribution in [3.05, 3.63) is 10.6 Å². The van der Waals surface area contributed by atoms with Gasteiger partial charge < -0.3 is 5.32 Å². The van der Waals surface area contributed by atoms with E-state index in [0.717, 1.165) is 11.7 Å². The Bertz CT molecular complexity index is 280. The Morgan fingerprint density at radius 1 is 1.67 bits per heavy atom. The third kappa shape index (κ3) is 1.22. The van der Waals surface area contributed by atoms with E-state index in [9.17, 15) is 0 Å². The maximum Gasteiger partial charge on any atom is 0.183 e. The fraction of sp³-hybridized carbons (Fsp3) is 0.667. The summed E-state index contributed by atoms with van der Waals surface area (Å²) in [7, 11) is 0. The molecule has 0 aromatic carbocycles. The van der Waals surface area contributed by atoms with Gasteiger partial charge in [0.2, 0.25) is 0 Å². The highest BCUT2D eigenvalue weighted by Crippen LogP contribution is 2.37. The molecule has 1 atom stereocenters. The highest BCUT2D eigenvalue weighted by Gasteiger charge is 2.23. The molecule has 1 aromatic heterocycles. The van der Waals surface area contributed by atoms with E-state index in [2.05, 4.69) is 24.1 Å². The maximum absolute atomic E-state index is 4.57. The highest BCUT2D eigenvalue weighted by atomic mass is 32.1. The average Bonchev–Trinajstić information content (AvgIpc) is 2.55. The maximum atomic E-state index is 4.57. The third-order valence-corrected chi connectivity index (χ3v) is 3.42. The predicted octanol–water partition coefficient (Wildman–Crippen LogP) is 2.62. The average molecular weight is 182 g/mol. The molecule has 1 aromatic rings. The second-order valence-electron chi connectivity index (χ2n) is 3.30. The largest absolute Gasteiger partial charge is 0.362 e. The molecule has 2 nitrogen and oxygen atoms in total. The van der Waals surface area contributed by atoms with Gasteiger partial charge in [-0.1, -0.05) is 6.92 Å². The molecule has 0 fully saturated rings. The van der Waals surface area contributed by atoms with Gasteiger partial charge in [0.05, 0.1) is 5.69 Å². The monoisotopic (exact) mass is 182 g/mol. The molecule has 0 spiro atoms. The Kier molecular flexibility index (Phi) is 2.05. The van der Waals surface area contributed by atoms with Crippen LogP contribution in [-0.2, 0) is 6.42 Å². The number of anilines is 1. The minimum Gasteiger partial charge on any atom is -0.362 e. The van der Waals surface area contributed by atoms with Crippen molar-refractivity contribution in [3.8, 4) is 0 Å². The van der Waals surface area contributed by atoms with Gasteiger partial charge in [-0.05, 0) is 25.7 Å². The highest BCUT2D eigenvalue weighted by molar-refractivity contribution is 7.15. The quantitative estimate of drug-likeness (QED) is 0.760. The molecule has 0 bridgehead atoms. The SMILES string of the molecule is CCNc1nc2c(s1)CCC2C. The van der Waals surface area contributed by atoms with E-state index in [4.69, 9.17) is 0 Å². The van der Waals surface area contributed by atoms with Gasteiger partial charge in [0.25, 0.3) is 0 Å². The van der Waals surface area contributed by atoms with Crippen LogP contribution in [-0.4, -0.2) is 11.5 Å². The lowest BCUT2D eigenvalue weighted by Gasteiger charge is -1.99. The lowest BCUT2D eigenvalue weighted by atomic mass is 10.1. The van der Waals surface area contributed by atoms with E-state index >= 15 is 0 Å². The number of rotatable bonds is 2. The van der Waals surface area contributed by atoms with Crippen LogP contribution in [0.1, 0.15) is 36.8 Å². The minimum atomic E-state index is 0.684. The third-order valence-electron chi connectivity index (χ3n) is 2.33. The normalized spacial score (nSPS) is 21.0. The molecule has 1 aliphatic rings. The van der Waals surface area contributed by atoms with Gasteiger partial charge in [0, 0.05) is 11.4 Å². The van der Waals surface area contributed by atoms with Gasteiger partial charge >= 0.3 is 0 Å². The summed E-state index contributed by atoms with van der Waals surface area (Å²) < 4.78 is 0. The van der Waals surface area contributed by atoms with E-state index in [0.29, 0.717) is 5.92 Å². The zero-order valence-electron chi connectivity index (χ0n) is 7.55. The first-order chi connectivity index (χ1) is 5.81. The van der Waals surface area contributed by atoms with Gasteiger partial charge in [0.15, 0.2) is 5.13 Å². The van der Waals surface area contributed by atoms with Crippen LogP contribution in [0.5, 0.6) is 0 Å². The summed E-state index contributed by atoms with van der Waals surface area (Å²) in [6.07, 6.45) is 2.53. The molecule has 0 radical (unpaired) electrons. The Labute approximate surface area is 77.0 Å². The molecule has 2 rings (SSSR count). The fourth-order valence-corrected chi connectivity index (χ4v) is 2.80. The second kappa shape index (κ2) is 3.05. The predicted molar refractivity (Wildman–Crippen MR) is 53.0 cm³/mol. The summed E-state index contributed by atoms with van der Waals surface area (Å²) in [5.74, 6) is 0.684. The zero-order valence-corrected chi connectivity index (χ0v) is 8.37. The molecule has 0 saturated carbocycles. The van der Waals surface area contributed by atoms with Gasteiger partial charge in [-0.3, -0.25) is 0 Å². The Balaban J connectivity index is 2.24. The number of thiazole rings is 1. The first-order valence-corrected chi connectivity index (χ1v) is 5.36. The Morgan fingerprint density at radius 2 is 2.50 bits per heavy atom. The summed E-state index contributed by atoms with van der Waals surface area (Å²) in [5.41, 5.74) is 1.34. The van der Waals surface area contributed by atoms with Crippen LogP contribution in [0.2, 0.25) is 0 Å². The van der Waals surface area contributed by atoms with Crippen LogP contribution in [0.4, 0.5) is 5.13 Å². The molecule has 1 N–H and O–H groups in total. The molecule has 1 heterocycles. The molecule has 0 saturated heterocycles. The summed E-state index contributed by atoms with van der Waals surface area (Å²) in [4.78, 5) is 6.07. The molecular formula is C9H14N2S. The van der Waals surface area contributed by atoms with Crippen LogP contribution in [0.3, 0.4) is 0 Å². The van der Waals surface area contributed by atoms with Crippen molar-refractivity contribution in [1.82, 2.24) is 4.98 Å². The topological polar surface area (TPSA) is 24.9 Å². The summed E-state index contributed by atoms with van der Waals surface area (Å²) in [6.45, 7) is 5.35. The summed E-state index contributed by atoms with van der Waals surface area (Å²) in [5, 5.41) is 4.37. The van der Waals surface area contributed by atoms with Crippen molar-refractivity contribution in [2.45, 2.75) is 32.6 Å². The van der Waals surface area contributed by atoms with E-state index in [1.807, 2.05) is 11.3 Å². The van der Waals surface area contributed by atoms with Gasteiger partial charge in [0.1, 0.15) is 0 Å². The number of nitrogens with one attached hydrogen (secondary N) is 1. The van der Waals surface area contributed by atoms with Gasteiger partial charge in [-0.15, -0.1) is 11.3 Å². The van der Waals surface area contributed by atoms with E-state index in [-0.39, 0.29) is 0 Å². The molecule has 1 aliphatic carbocycles. The van der Waals surface area contributed by atoms with Crippen molar-refractivity contribution in [1.29, 1.82) is 0 Å². The number of fused-ring (bicyclic) bond motifs is 1.